The van der Waals surface area contributed by atoms with Crippen LogP contribution >= 0.6 is 7.60 Å². The molecule has 0 spiro atoms. The minimum absolute atomic E-state index is 0.0863. The van der Waals surface area contributed by atoms with Gasteiger partial charge in [-0.05, 0) is 49.2 Å². The zero-order valence-corrected chi connectivity index (χ0v) is 18.1. The van der Waals surface area contributed by atoms with Crippen molar-refractivity contribution < 1.29 is 32.7 Å². The van der Waals surface area contributed by atoms with Gasteiger partial charge in [-0.2, -0.15) is 0 Å². The molecule has 1 fully saturated rings. The number of epoxide rings is 1. The number of nitro groups is 1. The fourth-order valence-corrected chi connectivity index (χ4v) is 5.67. The Morgan fingerprint density at radius 1 is 1.03 bits per heavy atom. The van der Waals surface area contributed by atoms with Crippen molar-refractivity contribution in [3.05, 3.63) is 63.7 Å². The predicted molar refractivity (Wildman–Crippen MR) is 109 cm³/mol. The molecule has 0 N–H and O–H groups in total. The normalized spacial score (nSPS) is 20.6. The molecule has 2 aromatic carbocycles. The van der Waals surface area contributed by atoms with Gasteiger partial charge >= 0.3 is 7.60 Å². The second-order valence-corrected chi connectivity index (χ2v) is 8.65. The summed E-state index contributed by atoms with van der Waals surface area (Å²) in [6.07, 6.45) is -0.688. The van der Waals surface area contributed by atoms with E-state index in [2.05, 4.69) is 0 Å². The summed E-state index contributed by atoms with van der Waals surface area (Å²) in [4.78, 5) is 10.5. The number of rotatable bonds is 10. The highest BCUT2D eigenvalue weighted by Crippen LogP contribution is 2.80. The number of hydrogen-bond acceptors (Lipinski definition) is 8. The van der Waals surface area contributed by atoms with Crippen molar-refractivity contribution in [2.75, 3.05) is 27.4 Å². The van der Waals surface area contributed by atoms with E-state index in [1.54, 1.807) is 32.0 Å². The van der Waals surface area contributed by atoms with Crippen molar-refractivity contribution in [2.24, 2.45) is 0 Å². The molecule has 0 radical (unpaired) electrons. The van der Waals surface area contributed by atoms with Crippen LogP contribution < -0.4 is 9.47 Å². The Balaban J connectivity index is 2.13. The minimum Gasteiger partial charge on any atom is -0.497 e. The maximum absolute atomic E-state index is 13.8. The van der Waals surface area contributed by atoms with Gasteiger partial charge in [-0.15, -0.1) is 0 Å². The second-order valence-electron chi connectivity index (χ2n) is 6.48. The number of methoxy groups -OCH3 is 2. The highest BCUT2D eigenvalue weighted by molar-refractivity contribution is 7.55. The minimum atomic E-state index is -3.81. The van der Waals surface area contributed by atoms with Gasteiger partial charge in [-0.3, -0.25) is 14.7 Å². The van der Waals surface area contributed by atoms with Crippen LogP contribution in [-0.4, -0.2) is 32.4 Å². The molecule has 1 aliphatic rings. The van der Waals surface area contributed by atoms with E-state index in [0.29, 0.717) is 22.6 Å². The number of non-ortho nitro benzene ring substituents is 1. The van der Waals surface area contributed by atoms with Crippen LogP contribution in [0.3, 0.4) is 0 Å². The zero-order valence-electron chi connectivity index (χ0n) is 17.2. The Bertz CT molecular complexity index is 932. The molecule has 0 saturated carbocycles. The molecule has 3 rings (SSSR count). The van der Waals surface area contributed by atoms with Gasteiger partial charge in [0.2, 0.25) is 5.34 Å². The van der Waals surface area contributed by atoms with Crippen LogP contribution in [0.4, 0.5) is 5.69 Å². The van der Waals surface area contributed by atoms with E-state index >= 15 is 0 Å². The first-order valence-corrected chi connectivity index (χ1v) is 10.9. The fraction of sp³-hybridized carbons (Fsp3) is 0.400. The van der Waals surface area contributed by atoms with Gasteiger partial charge in [-0.25, -0.2) is 0 Å². The van der Waals surface area contributed by atoms with Crippen LogP contribution in [-0.2, 0) is 23.7 Å². The van der Waals surface area contributed by atoms with Crippen molar-refractivity contribution in [3.8, 4) is 11.5 Å². The molecular weight excluding hydrogens is 413 g/mol. The molecule has 9 nitrogen and oxygen atoms in total. The number of benzene rings is 2. The average molecular weight is 437 g/mol. The fourth-order valence-electron chi connectivity index (χ4n) is 3.40. The van der Waals surface area contributed by atoms with Crippen LogP contribution in [0.5, 0.6) is 11.5 Å². The van der Waals surface area contributed by atoms with Crippen LogP contribution in [0.1, 0.15) is 31.1 Å². The number of nitro benzene ring substituents is 1. The topological polar surface area (TPSA) is 110 Å². The maximum Gasteiger partial charge on any atom is 0.369 e. The molecule has 2 unspecified atom stereocenters. The summed E-state index contributed by atoms with van der Waals surface area (Å²) in [5.41, 5.74) is 1.03. The van der Waals surface area contributed by atoms with Gasteiger partial charge in [-0.1, -0.05) is 0 Å². The van der Waals surface area contributed by atoms with E-state index in [9.17, 15) is 14.7 Å². The SMILES string of the molecule is CCOP(=O)(OCC)C1(c2ccc([N+](=O)[O-])cc2)OC1c1cc(OC)cc(OC)c1. The van der Waals surface area contributed by atoms with E-state index in [-0.39, 0.29) is 18.9 Å². The molecular formula is C20H24NO8P. The number of ether oxygens (including phenoxy) is 3. The Morgan fingerprint density at radius 3 is 2.00 bits per heavy atom. The van der Waals surface area contributed by atoms with Crippen LogP contribution in [0.2, 0.25) is 0 Å². The van der Waals surface area contributed by atoms with Crippen LogP contribution in [0, 0.1) is 10.1 Å². The molecule has 1 aliphatic heterocycles. The lowest BCUT2D eigenvalue weighted by molar-refractivity contribution is -0.384. The van der Waals surface area contributed by atoms with E-state index in [1.165, 1.54) is 38.5 Å². The summed E-state index contributed by atoms with van der Waals surface area (Å²) < 4.78 is 41.8. The summed E-state index contributed by atoms with van der Waals surface area (Å²) in [7, 11) is -0.756. The smallest absolute Gasteiger partial charge is 0.369 e. The molecule has 30 heavy (non-hydrogen) atoms. The van der Waals surface area contributed by atoms with Gasteiger partial charge in [0.1, 0.15) is 17.6 Å². The first kappa shape index (κ1) is 22.2. The zero-order chi connectivity index (χ0) is 21.9. The van der Waals surface area contributed by atoms with Crippen LogP contribution in [0.25, 0.3) is 0 Å². The second kappa shape index (κ2) is 8.73. The molecule has 0 bridgehead atoms. The molecule has 162 valence electrons. The van der Waals surface area contributed by atoms with Gasteiger partial charge in [0.15, 0.2) is 0 Å². The number of hydrogen-bond donors (Lipinski definition) is 0. The monoisotopic (exact) mass is 437 g/mol. The molecule has 0 aliphatic carbocycles. The Hall–Kier alpha value is -2.45. The Labute approximate surface area is 174 Å². The Morgan fingerprint density at radius 2 is 1.57 bits per heavy atom. The Kier molecular flexibility index (Phi) is 6.47. The third-order valence-corrected chi connectivity index (χ3v) is 7.38. The maximum atomic E-state index is 13.8. The van der Waals surface area contributed by atoms with Crippen molar-refractivity contribution in [3.63, 3.8) is 0 Å². The average Bonchev–Trinajstić information content (AvgIpc) is 3.51. The summed E-state index contributed by atoms with van der Waals surface area (Å²) in [5.74, 6) is 1.08. The standard InChI is InChI=1S/C20H24NO8P/c1-5-27-30(24,28-6-2)20(15-7-9-16(10-8-15)21(22)23)19(29-20)14-11-17(25-3)13-18(12-14)26-4/h7-13,19H,5-6H2,1-4H3. The van der Waals surface area contributed by atoms with Crippen molar-refractivity contribution >= 4 is 13.3 Å². The molecule has 0 amide bonds. The third-order valence-electron chi connectivity index (χ3n) is 4.77. The van der Waals surface area contributed by atoms with Crippen molar-refractivity contribution in [1.82, 2.24) is 0 Å². The van der Waals surface area contributed by atoms with Gasteiger partial charge in [0.25, 0.3) is 5.69 Å². The molecule has 10 heteroatoms. The van der Waals surface area contributed by atoms with Gasteiger partial charge in [0.05, 0.1) is 32.4 Å². The molecule has 0 aromatic heterocycles. The summed E-state index contributed by atoms with van der Waals surface area (Å²) >= 11 is 0. The first-order chi connectivity index (χ1) is 14.3. The van der Waals surface area contributed by atoms with E-state index in [1.807, 2.05) is 0 Å². The quantitative estimate of drug-likeness (QED) is 0.226. The molecule has 1 saturated heterocycles. The molecule has 2 atom stereocenters. The molecule has 2 aromatic rings. The van der Waals surface area contributed by atoms with E-state index in [0.717, 1.165) is 0 Å². The van der Waals surface area contributed by atoms with E-state index < -0.39 is 24.0 Å². The van der Waals surface area contributed by atoms with Gasteiger partial charge < -0.3 is 23.3 Å². The lowest BCUT2D eigenvalue weighted by Gasteiger charge is -2.24. The largest absolute Gasteiger partial charge is 0.497 e. The van der Waals surface area contributed by atoms with Gasteiger partial charge in [0, 0.05) is 18.2 Å². The summed E-state index contributed by atoms with van der Waals surface area (Å²) in [5, 5.41) is 9.61. The van der Waals surface area contributed by atoms with Crippen molar-refractivity contribution in [1.29, 1.82) is 0 Å². The highest BCUT2D eigenvalue weighted by atomic mass is 31.2. The highest BCUT2D eigenvalue weighted by Gasteiger charge is 2.72. The molecule has 1 heterocycles. The number of nitrogens with zero attached hydrogens (tertiary/aromatic N) is 1. The third kappa shape index (κ3) is 3.81. The van der Waals surface area contributed by atoms with Crippen molar-refractivity contribution in [2.45, 2.75) is 25.3 Å². The van der Waals surface area contributed by atoms with Crippen LogP contribution in [0.15, 0.2) is 42.5 Å². The lowest BCUT2D eigenvalue weighted by Crippen LogP contribution is -2.16. The predicted octanol–water partition coefficient (Wildman–Crippen LogP) is 4.80. The summed E-state index contributed by atoms with van der Waals surface area (Å²) in [6.45, 7) is 3.70. The first-order valence-electron chi connectivity index (χ1n) is 9.40. The van der Waals surface area contributed by atoms with E-state index in [4.69, 9.17) is 23.3 Å². The lowest BCUT2D eigenvalue weighted by atomic mass is 10.0. The summed E-state index contributed by atoms with van der Waals surface area (Å²) in [6, 6.07) is 10.9.